The summed E-state index contributed by atoms with van der Waals surface area (Å²) in [5.74, 6) is -1.42. The Bertz CT molecular complexity index is 664. The summed E-state index contributed by atoms with van der Waals surface area (Å²) in [4.78, 5) is 26.2. The van der Waals surface area contributed by atoms with E-state index in [1.165, 1.54) is 0 Å². The van der Waals surface area contributed by atoms with Gasteiger partial charge in [0, 0.05) is 10.8 Å². The second-order valence-electron chi connectivity index (χ2n) is 8.90. The molecule has 2 heterocycles. The number of rotatable bonds is 7. The van der Waals surface area contributed by atoms with Gasteiger partial charge in [-0.2, -0.15) is 0 Å². The van der Waals surface area contributed by atoms with E-state index in [4.69, 9.17) is 51.2 Å². The summed E-state index contributed by atoms with van der Waals surface area (Å²) in [6, 6.07) is 0. The molecular weight excluding hydrogens is 470 g/mol. The summed E-state index contributed by atoms with van der Waals surface area (Å²) in [7, 11) is 0. The molecule has 2 saturated heterocycles. The molecule has 2 aliphatic heterocycles. The highest BCUT2D eigenvalue weighted by Crippen LogP contribution is 2.68. The summed E-state index contributed by atoms with van der Waals surface area (Å²) >= 11 is 11.5. The highest BCUT2D eigenvalue weighted by Gasteiger charge is 2.58. The van der Waals surface area contributed by atoms with Gasteiger partial charge in [-0.1, -0.05) is 27.7 Å². The minimum Gasteiger partial charge on any atom is -0.465 e. The van der Waals surface area contributed by atoms with Crippen molar-refractivity contribution in [2.75, 3.05) is 39.6 Å². The third-order valence-corrected chi connectivity index (χ3v) is 11.8. The normalized spacial score (nSPS) is 26.2. The van der Waals surface area contributed by atoms with Gasteiger partial charge in [-0.05, 0) is 37.5 Å². The number of hydrogen-bond donors (Lipinski definition) is 0. The lowest BCUT2D eigenvalue weighted by molar-refractivity contribution is -0.150. The third-order valence-electron chi connectivity index (χ3n) is 4.58. The summed E-state index contributed by atoms with van der Waals surface area (Å²) in [6.45, 7) is 5.92. The molecule has 30 heavy (non-hydrogen) atoms. The van der Waals surface area contributed by atoms with E-state index in [2.05, 4.69) is 0 Å². The number of carbonyl (C=O) groups is 2. The minimum absolute atomic E-state index is 0.101. The molecule has 174 valence electrons. The van der Waals surface area contributed by atoms with Crippen molar-refractivity contribution in [2.24, 2.45) is 10.8 Å². The molecular formula is C18H32O8P2S2. The van der Waals surface area contributed by atoms with Crippen LogP contribution in [0.1, 0.15) is 41.5 Å². The van der Waals surface area contributed by atoms with Gasteiger partial charge in [0.15, 0.2) is 11.3 Å². The van der Waals surface area contributed by atoms with Gasteiger partial charge in [0.05, 0.1) is 39.6 Å². The summed E-state index contributed by atoms with van der Waals surface area (Å²) in [5, 5.41) is 0. The summed E-state index contributed by atoms with van der Waals surface area (Å²) in [5.41, 5.74) is -3.09. The SMILES string of the molecule is CCOC(=O)[C@@H]([C@H](C(=O)OCC)P1(=S)OCC(C)(C)CO1)P1(=S)OCC(C)(C)CO1. The van der Waals surface area contributed by atoms with E-state index in [0.29, 0.717) is 0 Å². The van der Waals surface area contributed by atoms with Crippen molar-refractivity contribution < 1.29 is 37.2 Å². The molecule has 2 aliphatic rings. The van der Waals surface area contributed by atoms with Crippen LogP contribution in [0.2, 0.25) is 0 Å². The Balaban J connectivity index is 2.51. The van der Waals surface area contributed by atoms with Crippen LogP contribution in [0.3, 0.4) is 0 Å². The predicted octanol–water partition coefficient (Wildman–Crippen LogP) is 3.61. The fraction of sp³-hybridized carbons (Fsp3) is 0.889. The van der Waals surface area contributed by atoms with Crippen molar-refractivity contribution in [3.8, 4) is 0 Å². The maximum atomic E-state index is 13.1. The smallest absolute Gasteiger partial charge is 0.320 e. The van der Waals surface area contributed by atoms with Gasteiger partial charge in [-0.3, -0.25) is 9.59 Å². The van der Waals surface area contributed by atoms with Crippen LogP contribution in [0.5, 0.6) is 0 Å². The van der Waals surface area contributed by atoms with Crippen LogP contribution in [0.25, 0.3) is 0 Å². The molecule has 0 N–H and O–H groups in total. The number of carbonyl (C=O) groups excluding carboxylic acids is 2. The van der Waals surface area contributed by atoms with Crippen LogP contribution >= 0.6 is 13.0 Å². The van der Waals surface area contributed by atoms with Crippen LogP contribution in [0.15, 0.2) is 0 Å². The van der Waals surface area contributed by atoms with E-state index in [1.807, 2.05) is 27.7 Å². The van der Waals surface area contributed by atoms with Crippen LogP contribution in [-0.2, 0) is 60.8 Å². The first-order chi connectivity index (χ1) is 13.8. The van der Waals surface area contributed by atoms with Gasteiger partial charge in [0.1, 0.15) is 0 Å². The molecule has 0 aromatic carbocycles. The lowest BCUT2D eigenvalue weighted by atomic mass is 9.97. The Kier molecular flexibility index (Phi) is 8.71. The standard InChI is InChI=1S/C18H32O8P2S2/c1-7-21-15(19)13(27(29)23-9-17(3,4)10-24-27)14(16(20)22-8-2)28(30)25-11-18(5,6)12-26-28/h13-14H,7-12H2,1-6H3/t13-,14-/m1/s1. The summed E-state index contributed by atoms with van der Waals surface area (Å²) < 4.78 is 34.4. The van der Waals surface area contributed by atoms with Crippen molar-refractivity contribution >= 4 is 48.5 Å². The molecule has 2 rings (SSSR count). The molecule has 0 unspecified atom stereocenters. The first-order valence-electron chi connectivity index (χ1n) is 9.90. The van der Waals surface area contributed by atoms with Gasteiger partial charge < -0.3 is 27.6 Å². The Morgan fingerprint density at radius 1 is 0.767 bits per heavy atom. The molecule has 2 fully saturated rings. The Hall–Kier alpha value is 0.0800. The predicted molar refractivity (Wildman–Crippen MR) is 121 cm³/mol. The molecule has 12 heteroatoms. The van der Waals surface area contributed by atoms with Crippen LogP contribution < -0.4 is 0 Å². The van der Waals surface area contributed by atoms with E-state index < -0.39 is 36.2 Å². The minimum atomic E-state index is -3.31. The van der Waals surface area contributed by atoms with Crippen molar-refractivity contribution in [1.29, 1.82) is 0 Å². The Morgan fingerprint density at radius 2 is 1.03 bits per heavy atom. The Morgan fingerprint density at radius 3 is 1.27 bits per heavy atom. The van der Waals surface area contributed by atoms with E-state index in [9.17, 15) is 9.59 Å². The zero-order valence-electron chi connectivity index (χ0n) is 18.4. The van der Waals surface area contributed by atoms with Crippen molar-refractivity contribution in [1.82, 2.24) is 0 Å². The molecule has 0 radical (unpaired) electrons. The monoisotopic (exact) mass is 502 g/mol. The van der Waals surface area contributed by atoms with E-state index in [-0.39, 0.29) is 50.5 Å². The maximum absolute atomic E-state index is 13.1. The molecule has 0 spiro atoms. The zero-order chi connectivity index (χ0) is 22.8. The van der Waals surface area contributed by atoms with E-state index in [0.717, 1.165) is 0 Å². The quantitative estimate of drug-likeness (QED) is 0.380. The average Bonchev–Trinajstić information content (AvgIpc) is 2.65. The van der Waals surface area contributed by atoms with Gasteiger partial charge in [0.2, 0.25) is 13.0 Å². The molecule has 0 saturated carbocycles. The highest BCUT2D eigenvalue weighted by atomic mass is 32.5. The average molecular weight is 503 g/mol. The van der Waals surface area contributed by atoms with Gasteiger partial charge >= 0.3 is 11.9 Å². The first kappa shape index (κ1) is 26.3. The lowest BCUT2D eigenvalue weighted by Crippen LogP contribution is -2.46. The van der Waals surface area contributed by atoms with Gasteiger partial charge in [-0.15, -0.1) is 0 Å². The second kappa shape index (κ2) is 9.92. The lowest BCUT2D eigenvalue weighted by Gasteiger charge is -2.44. The molecule has 0 aromatic rings. The molecule has 0 aromatic heterocycles. The van der Waals surface area contributed by atoms with E-state index in [1.54, 1.807) is 13.8 Å². The number of hydrogen-bond acceptors (Lipinski definition) is 10. The van der Waals surface area contributed by atoms with Gasteiger partial charge in [0.25, 0.3) is 0 Å². The third kappa shape index (κ3) is 6.10. The van der Waals surface area contributed by atoms with Crippen molar-refractivity contribution in [3.63, 3.8) is 0 Å². The van der Waals surface area contributed by atoms with Crippen LogP contribution in [0, 0.1) is 10.8 Å². The molecule has 8 nitrogen and oxygen atoms in total. The first-order valence-corrected chi connectivity index (χ1v) is 15.3. The van der Waals surface area contributed by atoms with Gasteiger partial charge in [-0.25, -0.2) is 0 Å². The fourth-order valence-electron chi connectivity index (χ4n) is 2.86. The highest BCUT2D eigenvalue weighted by molar-refractivity contribution is 8.13. The van der Waals surface area contributed by atoms with Crippen LogP contribution in [0.4, 0.5) is 0 Å². The summed E-state index contributed by atoms with van der Waals surface area (Å²) in [6.07, 6.45) is 0. The Labute approximate surface area is 189 Å². The molecule has 2 atom stereocenters. The largest absolute Gasteiger partial charge is 0.465 e. The topological polar surface area (TPSA) is 89.5 Å². The molecule has 0 aliphatic carbocycles. The van der Waals surface area contributed by atoms with Crippen molar-refractivity contribution in [2.45, 2.75) is 52.9 Å². The maximum Gasteiger partial charge on any atom is 0.320 e. The molecule has 0 amide bonds. The second-order valence-corrected chi connectivity index (χ2v) is 16.3. The number of ether oxygens (including phenoxy) is 2. The van der Waals surface area contributed by atoms with Crippen LogP contribution in [-0.4, -0.2) is 62.9 Å². The van der Waals surface area contributed by atoms with E-state index >= 15 is 0 Å². The van der Waals surface area contributed by atoms with Crippen molar-refractivity contribution in [3.05, 3.63) is 0 Å². The number of esters is 2. The fourth-order valence-corrected chi connectivity index (χ4v) is 10.8. The molecule has 0 bridgehead atoms. The zero-order valence-corrected chi connectivity index (χ0v) is 21.8.